The van der Waals surface area contributed by atoms with Crippen LogP contribution in [-0.4, -0.2) is 24.2 Å². The summed E-state index contributed by atoms with van der Waals surface area (Å²) in [5, 5.41) is 10.5. The molecule has 0 bridgehead atoms. The van der Waals surface area contributed by atoms with Crippen molar-refractivity contribution in [2.24, 2.45) is 4.99 Å². The van der Waals surface area contributed by atoms with Crippen LogP contribution in [0.3, 0.4) is 0 Å². The SMILES string of the molecule is CCNC(=NCc1ccon1)NCC(C)c1ccc(C)cc1. The van der Waals surface area contributed by atoms with Gasteiger partial charge in [0.15, 0.2) is 5.96 Å². The molecule has 0 saturated carbocycles. The molecule has 0 aliphatic rings. The van der Waals surface area contributed by atoms with E-state index in [0.29, 0.717) is 12.5 Å². The van der Waals surface area contributed by atoms with Crippen molar-refractivity contribution in [3.63, 3.8) is 0 Å². The van der Waals surface area contributed by atoms with E-state index < -0.39 is 0 Å². The first-order valence-corrected chi connectivity index (χ1v) is 7.67. The number of nitrogens with one attached hydrogen (secondary N) is 2. The maximum atomic E-state index is 4.81. The molecule has 2 aromatic rings. The van der Waals surface area contributed by atoms with Gasteiger partial charge >= 0.3 is 0 Å². The van der Waals surface area contributed by atoms with E-state index in [-0.39, 0.29) is 0 Å². The van der Waals surface area contributed by atoms with Gasteiger partial charge in [-0.15, -0.1) is 0 Å². The number of aliphatic imine (C=N–C) groups is 1. The summed E-state index contributed by atoms with van der Waals surface area (Å²) in [5.74, 6) is 1.21. The molecule has 0 fully saturated rings. The van der Waals surface area contributed by atoms with Gasteiger partial charge in [-0.3, -0.25) is 0 Å². The first kappa shape index (κ1) is 16.1. The maximum absolute atomic E-state index is 4.81. The highest BCUT2D eigenvalue weighted by atomic mass is 16.5. The van der Waals surface area contributed by atoms with Crippen molar-refractivity contribution in [1.29, 1.82) is 0 Å². The van der Waals surface area contributed by atoms with Crippen LogP contribution in [0.1, 0.15) is 36.6 Å². The molecule has 1 unspecified atom stereocenters. The lowest BCUT2D eigenvalue weighted by Crippen LogP contribution is -2.39. The molecule has 0 saturated heterocycles. The van der Waals surface area contributed by atoms with Gasteiger partial charge in [0.05, 0.1) is 6.54 Å². The summed E-state index contributed by atoms with van der Waals surface area (Å²) >= 11 is 0. The third-order valence-electron chi connectivity index (χ3n) is 3.46. The minimum absolute atomic E-state index is 0.413. The molecule has 0 aliphatic carbocycles. The van der Waals surface area contributed by atoms with Gasteiger partial charge in [-0.1, -0.05) is 41.9 Å². The molecule has 0 aliphatic heterocycles. The van der Waals surface area contributed by atoms with Crippen molar-refractivity contribution in [3.8, 4) is 0 Å². The van der Waals surface area contributed by atoms with Crippen molar-refractivity contribution < 1.29 is 4.52 Å². The number of hydrogen-bond donors (Lipinski definition) is 2. The second-order valence-corrected chi connectivity index (χ2v) is 5.38. The summed E-state index contributed by atoms with van der Waals surface area (Å²) in [5.41, 5.74) is 3.43. The van der Waals surface area contributed by atoms with Crippen molar-refractivity contribution >= 4 is 5.96 Å². The molecular weight excluding hydrogens is 276 g/mol. The van der Waals surface area contributed by atoms with E-state index in [9.17, 15) is 0 Å². The normalized spacial score (nSPS) is 13.0. The van der Waals surface area contributed by atoms with Crippen LogP contribution in [0.4, 0.5) is 0 Å². The number of rotatable bonds is 6. The van der Waals surface area contributed by atoms with E-state index in [4.69, 9.17) is 4.52 Å². The molecule has 2 N–H and O–H groups in total. The second kappa shape index (κ2) is 8.22. The second-order valence-electron chi connectivity index (χ2n) is 5.38. The Kier molecular flexibility index (Phi) is 6.01. The average molecular weight is 300 g/mol. The van der Waals surface area contributed by atoms with Gasteiger partial charge in [0.2, 0.25) is 0 Å². The summed E-state index contributed by atoms with van der Waals surface area (Å²) in [4.78, 5) is 4.51. The van der Waals surface area contributed by atoms with Crippen LogP contribution in [-0.2, 0) is 6.54 Å². The molecule has 5 heteroatoms. The number of guanidine groups is 1. The van der Waals surface area contributed by atoms with Crippen molar-refractivity contribution in [2.75, 3.05) is 13.1 Å². The van der Waals surface area contributed by atoms with Gasteiger partial charge in [0.25, 0.3) is 0 Å². The first-order valence-electron chi connectivity index (χ1n) is 7.67. The molecular formula is C17H24N4O. The molecule has 1 aromatic carbocycles. The van der Waals surface area contributed by atoms with Crippen LogP contribution in [0.25, 0.3) is 0 Å². The van der Waals surface area contributed by atoms with Gasteiger partial charge in [0.1, 0.15) is 12.0 Å². The van der Waals surface area contributed by atoms with Gasteiger partial charge in [-0.2, -0.15) is 0 Å². The lowest BCUT2D eigenvalue weighted by molar-refractivity contribution is 0.412. The lowest BCUT2D eigenvalue weighted by Gasteiger charge is -2.16. The van der Waals surface area contributed by atoms with Crippen LogP contribution in [0.15, 0.2) is 46.1 Å². The number of nitrogens with zero attached hydrogens (tertiary/aromatic N) is 2. The lowest BCUT2D eigenvalue weighted by atomic mass is 10.0. The number of hydrogen-bond acceptors (Lipinski definition) is 3. The van der Waals surface area contributed by atoms with Gasteiger partial charge in [-0.25, -0.2) is 4.99 Å². The topological polar surface area (TPSA) is 62.5 Å². The number of benzene rings is 1. The summed E-state index contributed by atoms with van der Waals surface area (Å²) in [6.07, 6.45) is 1.56. The Bertz CT molecular complexity index is 575. The first-order chi connectivity index (χ1) is 10.7. The van der Waals surface area contributed by atoms with E-state index >= 15 is 0 Å². The molecule has 0 radical (unpaired) electrons. The Hall–Kier alpha value is -2.30. The zero-order valence-corrected chi connectivity index (χ0v) is 13.5. The van der Waals surface area contributed by atoms with Crippen LogP contribution in [0.5, 0.6) is 0 Å². The molecule has 1 atom stereocenters. The molecule has 22 heavy (non-hydrogen) atoms. The zero-order valence-electron chi connectivity index (χ0n) is 13.5. The Morgan fingerprint density at radius 2 is 2.00 bits per heavy atom. The zero-order chi connectivity index (χ0) is 15.8. The molecule has 0 spiro atoms. The fourth-order valence-electron chi connectivity index (χ4n) is 2.08. The summed E-state index contributed by atoms with van der Waals surface area (Å²) in [6, 6.07) is 10.5. The number of aromatic nitrogens is 1. The number of aryl methyl sites for hydroxylation is 1. The van der Waals surface area contributed by atoms with E-state index in [2.05, 4.69) is 65.8 Å². The molecule has 5 nitrogen and oxygen atoms in total. The van der Waals surface area contributed by atoms with Crippen LogP contribution < -0.4 is 10.6 Å². The average Bonchev–Trinajstić information content (AvgIpc) is 3.04. The fourth-order valence-corrected chi connectivity index (χ4v) is 2.08. The quantitative estimate of drug-likeness (QED) is 0.636. The fraction of sp³-hybridized carbons (Fsp3) is 0.412. The largest absolute Gasteiger partial charge is 0.364 e. The van der Waals surface area contributed by atoms with Crippen LogP contribution >= 0.6 is 0 Å². The molecule has 0 amide bonds. The van der Waals surface area contributed by atoms with Crippen molar-refractivity contribution in [3.05, 3.63) is 53.4 Å². The van der Waals surface area contributed by atoms with E-state index in [1.54, 1.807) is 6.26 Å². The molecule has 2 rings (SSSR count). The van der Waals surface area contributed by atoms with Gasteiger partial charge in [-0.05, 0) is 25.3 Å². The van der Waals surface area contributed by atoms with E-state index in [0.717, 1.165) is 24.7 Å². The minimum Gasteiger partial charge on any atom is -0.364 e. The maximum Gasteiger partial charge on any atom is 0.191 e. The van der Waals surface area contributed by atoms with Gasteiger partial charge in [0, 0.05) is 19.2 Å². The summed E-state index contributed by atoms with van der Waals surface area (Å²) in [7, 11) is 0. The van der Waals surface area contributed by atoms with E-state index in [1.165, 1.54) is 11.1 Å². The Labute approximate surface area is 131 Å². The molecule has 1 heterocycles. The summed E-state index contributed by atoms with van der Waals surface area (Å²) in [6.45, 7) is 8.52. The predicted octanol–water partition coefficient (Wildman–Crippen LogP) is 2.84. The third-order valence-corrected chi connectivity index (χ3v) is 3.46. The van der Waals surface area contributed by atoms with E-state index in [1.807, 2.05) is 6.07 Å². The predicted molar refractivity (Wildman–Crippen MR) is 88.9 cm³/mol. The van der Waals surface area contributed by atoms with Crippen LogP contribution in [0, 0.1) is 6.92 Å². The highest BCUT2D eigenvalue weighted by molar-refractivity contribution is 5.79. The van der Waals surface area contributed by atoms with Crippen LogP contribution in [0.2, 0.25) is 0 Å². The monoisotopic (exact) mass is 300 g/mol. The standard InChI is InChI=1S/C17H24N4O/c1-4-18-17(20-12-16-9-10-22-21-16)19-11-14(3)15-7-5-13(2)6-8-15/h5-10,14H,4,11-12H2,1-3H3,(H2,18,19,20). The third kappa shape index (κ3) is 4.91. The van der Waals surface area contributed by atoms with Crippen molar-refractivity contribution in [1.82, 2.24) is 15.8 Å². The highest BCUT2D eigenvalue weighted by Crippen LogP contribution is 2.14. The molecule has 118 valence electrons. The Morgan fingerprint density at radius 1 is 1.23 bits per heavy atom. The Balaban J connectivity index is 1.90. The highest BCUT2D eigenvalue weighted by Gasteiger charge is 2.06. The molecule has 1 aromatic heterocycles. The van der Waals surface area contributed by atoms with Gasteiger partial charge < -0.3 is 15.2 Å². The summed E-state index contributed by atoms with van der Waals surface area (Å²) < 4.78 is 4.81. The van der Waals surface area contributed by atoms with Crippen molar-refractivity contribution in [2.45, 2.75) is 33.2 Å². The Morgan fingerprint density at radius 3 is 2.64 bits per heavy atom. The minimum atomic E-state index is 0.413. The smallest absolute Gasteiger partial charge is 0.191 e.